The number of hydrogen-bond donors (Lipinski definition) is 0. The first-order valence-electron chi connectivity index (χ1n) is 6.64. The zero-order valence-electron chi connectivity index (χ0n) is 11.1. The summed E-state index contributed by atoms with van der Waals surface area (Å²) in [5, 5.41) is 0. The van der Waals surface area contributed by atoms with Gasteiger partial charge in [-0.15, -0.1) is 0 Å². The number of urea groups is 1. The molecule has 0 aliphatic carbocycles. The highest BCUT2D eigenvalue weighted by molar-refractivity contribution is 5.76. The van der Waals surface area contributed by atoms with Crippen molar-refractivity contribution in [2.24, 2.45) is 0 Å². The van der Waals surface area contributed by atoms with E-state index in [-0.39, 0.29) is 18.2 Å². The largest absolute Gasteiger partial charge is 0.450 e. The number of nitrogens with zero attached hydrogens (tertiary/aromatic N) is 3. The van der Waals surface area contributed by atoms with E-state index in [0.717, 1.165) is 19.5 Å². The Bertz CT molecular complexity index is 335. The van der Waals surface area contributed by atoms with Gasteiger partial charge in [-0.1, -0.05) is 0 Å². The summed E-state index contributed by atoms with van der Waals surface area (Å²) in [6, 6.07) is 0.260. The molecule has 2 aliphatic heterocycles. The molecule has 0 aromatic rings. The Morgan fingerprint density at radius 1 is 1.33 bits per heavy atom. The second-order valence-electron chi connectivity index (χ2n) is 4.64. The number of carbonyl (C=O) groups is 2. The molecule has 2 fully saturated rings. The van der Waals surface area contributed by atoms with Gasteiger partial charge in [0.25, 0.3) is 0 Å². The van der Waals surface area contributed by atoms with Gasteiger partial charge < -0.3 is 19.4 Å². The molecule has 0 bridgehead atoms. The van der Waals surface area contributed by atoms with Crippen molar-refractivity contribution in [1.82, 2.24) is 14.7 Å². The topological polar surface area (TPSA) is 53.1 Å². The Hall–Kier alpha value is -1.46. The average molecular weight is 255 g/mol. The fourth-order valence-corrected chi connectivity index (χ4v) is 2.61. The third-order valence-corrected chi connectivity index (χ3v) is 3.64. The Balaban J connectivity index is 1.96. The van der Waals surface area contributed by atoms with Gasteiger partial charge in [-0.05, 0) is 20.3 Å². The van der Waals surface area contributed by atoms with Crippen LogP contribution in [0.3, 0.4) is 0 Å². The van der Waals surface area contributed by atoms with Gasteiger partial charge >= 0.3 is 12.1 Å². The molecule has 102 valence electrons. The molecule has 0 spiro atoms. The maximum Gasteiger partial charge on any atom is 0.409 e. The van der Waals surface area contributed by atoms with Crippen LogP contribution in [0, 0.1) is 0 Å². The third kappa shape index (κ3) is 2.37. The summed E-state index contributed by atoms with van der Waals surface area (Å²) < 4.78 is 5.00. The Kier molecular flexibility index (Phi) is 3.93. The molecule has 0 radical (unpaired) electrons. The second kappa shape index (κ2) is 5.46. The molecule has 3 amide bonds. The lowest BCUT2D eigenvalue weighted by molar-refractivity contribution is 0.0362. The number of fused-ring (bicyclic) bond motifs is 1. The molecule has 2 aliphatic rings. The summed E-state index contributed by atoms with van der Waals surface area (Å²) >= 11 is 0. The minimum absolute atomic E-state index is 0.109. The summed E-state index contributed by atoms with van der Waals surface area (Å²) in [4.78, 5) is 29.2. The van der Waals surface area contributed by atoms with Crippen molar-refractivity contribution in [3.8, 4) is 0 Å². The van der Waals surface area contributed by atoms with E-state index >= 15 is 0 Å². The number of hydrogen-bond acceptors (Lipinski definition) is 3. The van der Waals surface area contributed by atoms with Crippen molar-refractivity contribution in [2.45, 2.75) is 26.3 Å². The van der Waals surface area contributed by atoms with E-state index < -0.39 is 0 Å². The fourth-order valence-electron chi connectivity index (χ4n) is 2.61. The van der Waals surface area contributed by atoms with Crippen LogP contribution < -0.4 is 0 Å². The Labute approximate surface area is 107 Å². The number of amides is 3. The van der Waals surface area contributed by atoms with Crippen molar-refractivity contribution in [3.63, 3.8) is 0 Å². The molecule has 0 aromatic heterocycles. The van der Waals surface area contributed by atoms with Crippen LogP contribution in [0.5, 0.6) is 0 Å². The highest BCUT2D eigenvalue weighted by Gasteiger charge is 2.37. The predicted octanol–water partition coefficient (Wildman–Crippen LogP) is 0.975. The summed E-state index contributed by atoms with van der Waals surface area (Å²) in [7, 11) is 0. The molecule has 0 saturated carbocycles. The van der Waals surface area contributed by atoms with Crippen molar-refractivity contribution in [1.29, 1.82) is 0 Å². The van der Waals surface area contributed by atoms with Crippen molar-refractivity contribution < 1.29 is 14.3 Å². The molecular formula is C12H21N3O3. The van der Waals surface area contributed by atoms with Gasteiger partial charge in [-0.25, -0.2) is 9.59 Å². The van der Waals surface area contributed by atoms with Crippen molar-refractivity contribution in [2.75, 3.05) is 39.3 Å². The van der Waals surface area contributed by atoms with Crippen LogP contribution in [0.4, 0.5) is 9.59 Å². The van der Waals surface area contributed by atoms with Crippen LogP contribution in [-0.4, -0.2) is 72.2 Å². The van der Waals surface area contributed by atoms with Gasteiger partial charge in [0.15, 0.2) is 0 Å². The number of rotatable bonds is 2. The van der Waals surface area contributed by atoms with Gasteiger partial charge in [-0.2, -0.15) is 0 Å². The highest BCUT2D eigenvalue weighted by Crippen LogP contribution is 2.20. The molecule has 6 heteroatoms. The molecular weight excluding hydrogens is 234 g/mol. The van der Waals surface area contributed by atoms with E-state index in [4.69, 9.17) is 4.74 Å². The third-order valence-electron chi connectivity index (χ3n) is 3.64. The number of ether oxygens (including phenoxy) is 1. The predicted molar refractivity (Wildman–Crippen MR) is 66.3 cm³/mol. The quantitative estimate of drug-likeness (QED) is 0.739. The molecule has 2 rings (SSSR count). The SMILES string of the molecule is CCOC(=O)N1CCN2C(=O)N(CC)CCC2C1. The molecule has 18 heavy (non-hydrogen) atoms. The number of piperazine rings is 1. The lowest BCUT2D eigenvalue weighted by atomic mass is 10.1. The summed E-state index contributed by atoms with van der Waals surface area (Å²) in [6.45, 7) is 7.51. The minimum atomic E-state index is -0.262. The minimum Gasteiger partial charge on any atom is -0.450 e. The second-order valence-corrected chi connectivity index (χ2v) is 4.64. The first-order chi connectivity index (χ1) is 8.67. The van der Waals surface area contributed by atoms with Gasteiger partial charge in [0.2, 0.25) is 0 Å². The maximum absolute atomic E-state index is 12.1. The van der Waals surface area contributed by atoms with E-state index in [2.05, 4.69) is 0 Å². The normalized spacial score (nSPS) is 24.0. The van der Waals surface area contributed by atoms with E-state index in [1.807, 2.05) is 16.7 Å². The smallest absolute Gasteiger partial charge is 0.409 e. The van der Waals surface area contributed by atoms with Crippen LogP contribution in [0.1, 0.15) is 20.3 Å². The standard InChI is InChI=1S/C12H21N3O3/c1-3-13-6-5-10-9-14(12(17)18-4-2)7-8-15(10)11(13)16/h10H,3-9H2,1-2H3. The number of carbonyl (C=O) groups excluding carboxylic acids is 2. The van der Waals surface area contributed by atoms with Gasteiger partial charge in [0, 0.05) is 32.7 Å². The van der Waals surface area contributed by atoms with E-state index in [1.54, 1.807) is 11.8 Å². The van der Waals surface area contributed by atoms with Gasteiger partial charge in [-0.3, -0.25) is 0 Å². The molecule has 6 nitrogen and oxygen atoms in total. The molecule has 2 saturated heterocycles. The van der Waals surface area contributed by atoms with Crippen LogP contribution in [0.25, 0.3) is 0 Å². The van der Waals surface area contributed by atoms with Crippen LogP contribution >= 0.6 is 0 Å². The maximum atomic E-state index is 12.1. The zero-order valence-corrected chi connectivity index (χ0v) is 11.1. The summed E-state index contributed by atoms with van der Waals surface area (Å²) in [5.74, 6) is 0. The van der Waals surface area contributed by atoms with E-state index in [9.17, 15) is 9.59 Å². The van der Waals surface area contributed by atoms with Crippen LogP contribution in [0.2, 0.25) is 0 Å². The van der Waals surface area contributed by atoms with Gasteiger partial charge in [0.05, 0.1) is 12.6 Å². The lowest BCUT2D eigenvalue weighted by Crippen LogP contribution is -2.63. The first-order valence-corrected chi connectivity index (χ1v) is 6.64. The molecule has 1 unspecified atom stereocenters. The Morgan fingerprint density at radius 3 is 2.78 bits per heavy atom. The Morgan fingerprint density at radius 2 is 2.11 bits per heavy atom. The van der Waals surface area contributed by atoms with E-state index in [0.29, 0.717) is 26.2 Å². The first kappa shape index (κ1) is 13.0. The van der Waals surface area contributed by atoms with Crippen LogP contribution in [-0.2, 0) is 4.74 Å². The van der Waals surface area contributed by atoms with Crippen molar-refractivity contribution >= 4 is 12.1 Å². The average Bonchev–Trinajstić information content (AvgIpc) is 2.39. The molecule has 0 aromatic carbocycles. The molecule has 2 heterocycles. The lowest BCUT2D eigenvalue weighted by Gasteiger charge is -2.46. The van der Waals surface area contributed by atoms with Crippen LogP contribution in [0.15, 0.2) is 0 Å². The van der Waals surface area contributed by atoms with Gasteiger partial charge in [0.1, 0.15) is 0 Å². The van der Waals surface area contributed by atoms with E-state index in [1.165, 1.54) is 0 Å². The summed E-state index contributed by atoms with van der Waals surface area (Å²) in [6.07, 6.45) is 0.665. The molecule has 1 atom stereocenters. The monoisotopic (exact) mass is 255 g/mol. The highest BCUT2D eigenvalue weighted by atomic mass is 16.6. The van der Waals surface area contributed by atoms with Crippen molar-refractivity contribution in [3.05, 3.63) is 0 Å². The fraction of sp³-hybridized carbons (Fsp3) is 0.833. The summed E-state index contributed by atoms with van der Waals surface area (Å²) in [5.41, 5.74) is 0. The molecule has 0 N–H and O–H groups in total. The zero-order chi connectivity index (χ0) is 13.1.